The Labute approximate surface area is 64.1 Å². The second-order valence-corrected chi connectivity index (χ2v) is 2.40. The highest BCUT2D eigenvalue weighted by atomic mass is 16.4. The molecule has 11 heavy (non-hydrogen) atoms. The van der Waals surface area contributed by atoms with Crippen molar-refractivity contribution in [1.82, 2.24) is 0 Å². The van der Waals surface area contributed by atoms with Gasteiger partial charge in [0.2, 0.25) is 0 Å². The third kappa shape index (κ3) is 0.917. The summed E-state index contributed by atoms with van der Waals surface area (Å²) in [6, 6.07) is 7.76. The van der Waals surface area contributed by atoms with Crippen molar-refractivity contribution in [1.29, 1.82) is 0 Å². The first kappa shape index (κ1) is 6.43. The van der Waals surface area contributed by atoms with Crippen LogP contribution in [0.25, 0.3) is 10.8 Å². The lowest BCUT2D eigenvalue weighted by molar-refractivity contribution is 0.249. The lowest BCUT2D eigenvalue weighted by Gasteiger charge is -1.88. The van der Waals surface area contributed by atoms with Crippen molar-refractivity contribution >= 4 is 10.8 Å². The molecule has 0 aliphatic rings. The first-order valence-electron chi connectivity index (χ1n) is 3.48. The van der Waals surface area contributed by atoms with Gasteiger partial charge in [-0.3, -0.25) is 0 Å². The van der Waals surface area contributed by atoms with Crippen molar-refractivity contribution in [2.75, 3.05) is 0 Å². The van der Waals surface area contributed by atoms with Gasteiger partial charge in [-0.15, -0.1) is 0 Å². The molecule has 0 bridgehead atoms. The molecule has 56 valence electrons. The van der Waals surface area contributed by atoms with Crippen molar-refractivity contribution in [2.24, 2.45) is 0 Å². The molecule has 0 fully saturated rings. The Balaban J connectivity index is 2.76. The highest BCUT2D eigenvalue weighted by molar-refractivity contribution is 5.83. The first-order chi connectivity index (χ1) is 5.42. The molecule has 0 radical (unpaired) electrons. The van der Waals surface area contributed by atoms with E-state index in [2.05, 4.69) is 0 Å². The highest BCUT2D eigenvalue weighted by Crippen LogP contribution is 2.19. The molecule has 1 aromatic heterocycles. The Morgan fingerprint density at radius 3 is 2.91 bits per heavy atom. The summed E-state index contributed by atoms with van der Waals surface area (Å²) in [5.74, 6) is 0.639. The van der Waals surface area contributed by atoms with E-state index in [1.54, 1.807) is 6.26 Å². The van der Waals surface area contributed by atoms with Crippen LogP contribution >= 0.6 is 0 Å². The summed E-state index contributed by atoms with van der Waals surface area (Å²) in [6.45, 7) is -0.0342. The molecule has 0 atom stereocenters. The van der Waals surface area contributed by atoms with Gasteiger partial charge in [0.15, 0.2) is 0 Å². The van der Waals surface area contributed by atoms with Crippen LogP contribution in [0.2, 0.25) is 0 Å². The average molecular weight is 148 g/mol. The van der Waals surface area contributed by atoms with Crippen molar-refractivity contribution < 1.29 is 9.52 Å². The molecule has 0 saturated carbocycles. The topological polar surface area (TPSA) is 33.4 Å². The van der Waals surface area contributed by atoms with Crippen LogP contribution in [-0.4, -0.2) is 5.11 Å². The highest BCUT2D eigenvalue weighted by Gasteiger charge is 2.01. The van der Waals surface area contributed by atoms with Crippen LogP contribution in [0.15, 0.2) is 34.9 Å². The van der Waals surface area contributed by atoms with Crippen LogP contribution < -0.4 is 0 Å². The molecule has 0 amide bonds. The van der Waals surface area contributed by atoms with Gasteiger partial charge in [0.25, 0.3) is 0 Å². The minimum atomic E-state index is -0.0342. The maximum absolute atomic E-state index is 8.83. The second-order valence-electron chi connectivity index (χ2n) is 2.40. The van der Waals surface area contributed by atoms with Crippen molar-refractivity contribution in [3.8, 4) is 0 Å². The molecular weight excluding hydrogens is 140 g/mol. The van der Waals surface area contributed by atoms with Crippen molar-refractivity contribution in [2.45, 2.75) is 6.61 Å². The first-order valence-corrected chi connectivity index (χ1v) is 3.48. The maximum atomic E-state index is 8.83. The van der Waals surface area contributed by atoms with Gasteiger partial charge in [-0.2, -0.15) is 0 Å². The quantitative estimate of drug-likeness (QED) is 0.670. The largest absolute Gasteiger partial charge is 0.466 e. The SMILES string of the molecule is OCc1occ2ccccc12. The fourth-order valence-electron chi connectivity index (χ4n) is 1.17. The van der Waals surface area contributed by atoms with E-state index < -0.39 is 0 Å². The maximum Gasteiger partial charge on any atom is 0.136 e. The third-order valence-corrected chi connectivity index (χ3v) is 1.73. The summed E-state index contributed by atoms with van der Waals surface area (Å²) >= 11 is 0. The normalized spacial score (nSPS) is 10.6. The van der Waals surface area contributed by atoms with Crippen LogP contribution in [0.1, 0.15) is 5.76 Å². The Bertz CT molecular complexity index is 362. The van der Waals surface area contributed by atoms with Crippen LogP contribution in [0, 0.1) is 0 Å². The van der Waals surface area contributed by atoms with E-state index >= 15 is 0 Å². The monoisotopic (exact) mass is 148 g/mol. The standard InChI is InChI=1S/C9H8O2/c10-5-9-8-4-2-1-3-7(8)6-11-9/h1-4,6,10H,5H2. The van der Waals surface area contributed by atoms with Crippen LogP contribution in [-0.2, 0) is 6.61 Å². The van der Waals surface area contributed by atoms with E-state index in [4.69, 9.17) is 9.52 Å². The molecule has 0 unspecified atom stereocenters. The van der Waals surface area contributed by atoms with E-state index in [1.165, 1.54) is 0 Å². The molecule has 1 N–H and O–H groups in total. The van der Waals surface area contributed by atoms with Gasteiger partial charge >= 0.3 is 0 Å². The number of aliphatic hydroxyl groups excluding tert-OH is 1. The molecule has 0 saturated heterocycles. The Morgan fingerprint density at radius 2 is 2.09 bits per heavy atom. The predicted molar refractivity (Wildman–Crippen MR) is 42.1 cm³/mol. The molecule has 2 rings (SSSR count). The third-order valence-electron chi connectivity index (χ3n) is 1.73. The molecule has 2 heteroatoms. The summed E-state index contributed by atoms with van der Waals surface area (Å²) in [6.07, 6.45) is 1.65. The molecule has 1 aromatic carbocycles. The number of furan rings is 1. The zero-order valence-corrected chi connectivity index (χ0v) is 5.95. The summed E-state index contributed by atoms with van der Waals surface area (Å²) in [5.41, 5.74) is 0. The Kier molecular flexibility index (Phi) is 1.40. The van der Waals surface area contributed by atoms with Crippen LogP contribution in [0.5, 0.6) is 0 Å². The number of fused-ring (bicyclic) bond motifs is 1. The summed E-state index contributed by atoms with van der Waals surface area (Å²) in [7, 11) is 0. The summed E-state index contributed by atoms with van der Waals surface area (Å²) < 4.78 is 5.11. The summed E-state index contributed by atoms with van der Waals surface area (Å²) in [5, 5.41) is 10.9. The van der Waals surface area contributed by atoms with E-state index in [1.807, 2.05) is 24.3 Å². The van der Waals surface area contributed by atoms with Gasteiger partial charge in [-0.05, 0) is 0 Å². The molecule has 0 aliphatic heterocycles. The number of hydrogen-bond donors (Lipinski definition) is 1. The van der Waals surface area contributed by atoms with E-state index in [9.17, 15) is 0 Å². The van der Waals surface area contributed by atoms with Crippen LogP contribution in [0.4, 0.5) is 0 Å². The van der Waals surface area contributed by atoms with Gasteiger partial charge in [0.1, 0.15) is 12.4 Å². The molecule has 2 aromatic rings. The molecule has 0 aliphatic carbocycles. The smallest absolute Gasteiger partial charge is 0.136 e. The van der Waals surface area contributed by atoms with Gasteiger partial charge in [-0.25, -0.2) is 0 Å². The van der Waals surface area contributed by atoms with Gasteiger partial charge < -0.3 is 9.52 Å². The zero-order valence-electron chi connectivity index (χ0n) is 5.95. The average Bonchev–Trinajstić information content (AvgIpc) is 2.47. The lowest BCUT2D eigenvalue weighted by atomic mass is 10.2. The number of rotatable bonds is 1. The Hall–Kier alpha value is -1.28. The number of aliphatic hydroxyl groups is 1. The minimum absolute atomic E-state index is 0.0342. The van der Waals surface area contributed by atoms with E-state index in [0.717, 1.165) is 10.8 Å². The fourth-order valence-corrected chi connectivity index (χ4v) is 1.17. The number of hydrogen-bond acceptors (Lipinski definition) is 2. The van der Waals surface area contributed by atoms with Gasteiger partial charge in [-0.1, -0.05) is 24.3 Å². The molecule has 0 spiro atoms. The van der Waals surface area contributed by atoms with Gasteiger partial charge in [0, 0.05) is 10.8 Å². The molecule has 1 heterocycles. The van der Waals surface area contributed by atoms with Crippen molar-refractivity contribution in [3.63, 3.8) is 0 Å². The van der Waals surface area contributed by atoms with E-state index in [-0.39, 0.29) is 6.61 Å². The molecule has 2 nitrogen and oxygen atoms in total. The lowest BCUT2D eigenvalue weighted by Crippen LogP contribution is -1.76. The Morgan fingerprint density at radius 1 is 1.27 bits per heavy atom. The van der Waals surface area contributed by atoms with Crippen LogP contribution in [0.3, 0.4) is 0 Å². The van der Waals surface area contributed by atoms with E-state index in [0.29, 0.717) is 5.76 Å². The zero-order chi connectivity index (χ0) is 7.68. The number of benzene rings is 1. The minimum Gasteiger partial charge on any atom is -0.466 e. The molecular formula is C9H8O2. The van der Waals surface area contributed by atoms with Gasteiger partial charge in [0.05, 0.1) is 6.26 Å². The van der Waals surface area contributed by atoms with Crippen molar-refractivity contribution in [3.05, 3.63) is 36.3 Å². The summed E-state index contributed by atoms with van der Waals surface area (Å²) in [4.78, 5) is 0. The second kappa shape index (κ2) is 2.40. The predicted octanol–water partition coefficient (Wildman–Crippen LogP) is 1.93. The fraction of sp³-hybridized carbons (Fsp3) is 0.111.